The highest BCUT2D eigenvalue weighted by molar-refractivity contribution is 7.19. The fraction of sp³-hybridized carbons (Fsp3) is 0. The Bertz CT molecular complexity index is 967. The number of fused-ring (bicyclic) bond motifs is 1. The zero-order chi connectivity index (χ0) is 15.1. The van der Waals surface area contributed by atoms with Crippen LogP contribution in [-0.2, 0) is 0 Å². The fourth-order valence-corrected chi connectivity index (χ4v) is 2.95. The first-order chi connectivity index (χ1) is 10.7. The van der Waals surface area contributed by atoms with Gasteiger partial charge in [-0.05, 0) is 18.2 Å². The van der Waals surface area contributed by atoms with Gasteiger partial charge in [0.1, 0.15) is 16.5 Å². The summed E-state index contributed by atoms with van der Waals surface area (Å²) in [5.41, 5.74) is 1.29. The highest BCUT2D eigenvalue weighted by Crippen LogP contribution is 2.29. The molecule has 0 radical (unpaired) electrons. The first-order valence-electron chi connectivity index (χ1n) is 6.16. The predicted molar refractivity (Wildman–Crippen MR) is 80.1 cm³/mol. The quantitative estimate of drug-likeness (QED) is 0.564. The summed E-state index contributed by atoms with van der Waals surface area (Å²) in [5, 5.41) is 13.3. The maximum Gasteiger partial charge on any atom is 0.235 e. The third-order valence-corrected chi connectivity index (χ3v) is 4.19. The van der Waals surface area contributed by atoms with Crippen LogP contribution in [0.2, 0.25) is 5.02 Å². The van der Waals surface area contributed by atoms with Crippen molar-refractivity contribution < 1.29 is 4.39 Å². The van der Waals surface area contributed by atoms with Crippen molar-refractivity contribution in [1.82, 2.24) is 29.8 Å². The Balaban J connectivity index is 1.85. The van der Waals surface area contributed by atoms with Gasteiger partial charge in [0.2, 0.25) is 10.8 Å². The summed E-state index contributed by atoms with van der Waals surface area (Å²) in [5.74, 6) is 0.0347. The summed E-state index contributed by atoms with van der Waals surface area (Å²) in [6, 6.07) is 4.46. The van der Waals surface area contributed by atoms with Crippen molar-refractivity contribution in [2.45, 2.75) is 0 Å². The van der Waals surface area contributed by atoms with Gasteiger partial charge in [-0.3, -0.25) is 4.98 Å². The second kappa shape index (κ2) is 5.08. The number of aromatic nitrogens is 6. The summed E-state index contributed by atoms with van der Waals surface area (Å²) in [4.78, 5) is 8.80. The minimum absolute atomic E-state index is 0.0533. The standard InChI is InChI=1S/C13H6ClFN6S/c14-8-5-7(1-2-9(8)15)12-20-21-11(18-19-13(21)22-12)10-6-16-3-4-17-10/h1-6H. The third-order valence-electron chi connectivity index (χ3n) is 2.95. The highest BCUT2D eigenvalue weighted by Gasteiger charge is 2.16. The lowest BCUT2D eigenvalue weighted by molar-refractivity contribution is 0.628. The molecule has 3 heterocycles. The largest absolute Gasteiger partial charge is 0.261 e. The second-order valence-corrected chi connectivity index (χ2v) is 5.71. The number of benzene rings is 1. The molecule has 0 aliphatic heterocycles. The van der Waals surface area contributed by atoms with Crippen LogP contribution < -0.4 is 0 Å². The van der Waals surface area contributed by atoms with E-state index >= 15 is 0 Å². The van der Waals surface area contributed by atoms with Crippen LogP contribution in [0.1, 0.15) is 0 Å². The molecule has 22 heavy (non-hydrogen) atoms. The molecule has 0 saturated heterocycles. The molecular formula is C13H6ClFN6S. The smallest absolute Gasteiger partial charge is 0.235 e. The van der Waals surface area contributed by atoms with Crippen molar-refractivity contribution in [2.75, 3.05) is 0 Å². The van der Waals surface area contributed by atoms with Gasteiger partial charge in [0.25, 0.3) is 0 Å². The van der Waals surface area contributed by atoms with Gasteiger partial charge in [0, 0.05) is 18.0 Å². The lowest BCUT2D eigenvalue weighted by atomic mass is 10.2. The molecule has 0 spiro atoms. The zero-order valence-electron chi connectivity index (χ0n) is 10.8. The first kappa shape index (κ1) is 13.2. The minimum atomic E-state index is -0.464. The second-order valence-electron chi connectivity index (χ2n) is 4.34. The molecule has 0 unspecified atom stereocenters. The molecule has 4 aromatic rings. The minimum Gasteiger partial charge on any atom is -0.261 e. The lowest BCUT2D eigenvalue weighted by Crippen LogP contribution is -1.93. The van der Waals surface area contributed by atoms with Gasteiger partial charge in [-0.15, -0.1) is 10.2 Å². The molecule has 3 aromatic heterocycles. The Hall–Kier alpha value is -2.45. The van der Waals surface area contributed by atoms with Crippen LogP contribution >= 0.6 is 22.9 Å². The van der Waals surface area contributed by atoms with Crippen molar-refractivity contribution in [1.29, 1.82) is 0 Å². The average Bonchev–Trinajstić information content (AvgIpc) is 3.11. The van der Waals surface area contributed by atoms with Crippen LogP contribution in [0.25, 0.3) is 27.1 Å². The van der Waals surface area contributed by atoms with E-state index in [2.05, 4.69) is 25.3 Å². The Labute approximate surface area is 132 Å². The molecule has 0 aliphatic carbocycles. The van der Waals surface area contributed by atoms with Gasteiger partial charge in [-0.1, -0.05) is 22.9 Å². The van der Waals surface area contributed by atoms with Crippen LogP contribution in [0.3, 0.4) is 0 Å². The molecule has 0 saturated carbocycles. The summed E-state index contributed by atoms with van der Waals surface area (Å²) in [6.45, 7) is 0. The van der Waals surface area contributed by atoms with Crippen LogP contribution in [0, 0.1) is 5.82 Å². The molecule has 0 amide bonds. The predicted octanol–water partition coefficient (Wildman–Crippen LogP) is 3.10. The summed E-state index contributed by atoms with van der Waals surface area (Å²) < 4.78 is 14.8. The van der Waals surface area contributed by atoms with E-state index in [-0.39, 0.29) is 5.02 Å². The average molecular weight is 333 g/mol. The van der Waals surface area contributed by atoms with Gasteiger partial charge in [0.05, 0.1) is 11.2 Å². The molecule has 0 bridgehead atoms. The van der Waals surface area contributed by atoms with E-state index < -0.39 is 5.82 Å². The van der Waals surface area contributed by atoms with E-state index in [0.29, 0.717) is 27.1 Å². The summed E-state index contributed by atoms with van der Waals surface area (Å²) >= 11 is 7.14. The Morgan fingerprint density at radius 2 is 2.09 bits per heavy atom. The monoisotopic (exact) mass is 332 g/mol. The van der Waals surface area contributed by atoms with Crippen molar-refractivity contribution in [3.05, 3.63) is 47.6 Å². The van der Waals surface area contributed by atoms with Gasteiger partial charge in [0.15, 0.2) is 0 Å². The van der Waals surface area contributed by atoms with E-state index in [1.807, 2.05) is 0 Å². The van der Waals surface area contributed by atoms with E-state index in [9.17, 15) is 4.39 Å². The Morgan fingerprint density at radius 3 is 2.86 bits per heavy atom. The lowest BCUT2D eigenvalue weighted by Gasteiger charge is -1.98. The molecule has 4 rings (SSSR count). The molecule has 0 aliphatic rings. The molecule has 0 N–H and O–H groups in total. The van der Waals surface area contributed by atoms with E-state index in [1.54, 1.807) is 29.2 Å². The van der Waals surface area contributed by atoms with Crippen LogP contribution in [0.15, 0.2) is 36.8 Å². The Morgan fingerprint density at radius 1 is 1.18 bits per heavy atom. The fourth-order valence-electron chi connectivity index (χ4n) is 1.94. The van der Waals surface area contributed by atoms with E-state index in [4.69, 9.17) is 11.6 Å². The topological polar surface area (TPSA) is 68.9 Å². The van der Waals surface area contributed by atoms with Gasteiger partial charge >= 0.3 is 0 Å². The number of nitrogens with zero attached hydrogens (tertiary/aromatic N) is 6. The van der Waals surface area contributed by atoms with Gasteiger partial charge in [-0.2, -0.15) is 9.61 Å². The van der Waals surface area contributed by atoms with Crippen molar-refractivity contribution in [2.24, 2.45) is 0 Å². The Kier molecular flexibility index (Phi) is 3.05. The molecule has 9 heteroatoms. The molecule has 0 atom stereocenters. The van der Waals surface area contributed by atoms with Crippen molar-refractivity contribution in [3.63, 3.8) is 0 Å². The third kappa shape index (κ3) is 2.13. The van der Waals surface area contributed by atoms with Crippen LogP contribution in [0.5, 0.6) is 0 Å². The zero-order valence-corrected chi connectivity index (χ0v) is 12.4. The molecule has 108 valence electrons. The van der Waals surface area contributed by atoms with Crippen LogP contribution in [-0.4, -0.2) is 29.8 Å². The number of hydrogen-bond donors (Lipinski definition) is 0. The molecular weight excluding hydrogens is 327 g/mol. The van der Waals surface area contributed by atoms with Crippen LogP contribution in [0.4, 0.5) is 4.39 Å². The number of rotatable bonds is 2. The van der Waals surface area contributed by atoms with Gasteiger partial charge in [-0.25, -0.2) is 9.37 Å². The maximum atomic E-state index is 13.3. The molecule has 6 nitrogen and oxygen atoms in total. The van der Waals surface area contributed by atoms with Crippen molar-refractivity contribution in [3.8, 4) is 22.1 Å². The summed E-state index contributed by atoms with van der Waals surface area (Å²) in [7, 11) is 0. The maximum absolute atomic E-state index is 13.3. The number of halogens is 2. The SMILES string of the molecule is Fc1ccc(-c2nn3c(-c4cnccn4)nnc3s2)cc1Cl. The molecule has 0 fully saturated rings. The first-order valence-corrected chi connectivity index (χ1v) is 7.36. The van der Waals surface area contributed by atoms with E-state index in [1.165, 1.54) is 23.5 Å². The summed E-state index contributed by atoms with van der Waals surface area (Å²) in [6.07, 6.45) is 4.74. The normalized spacial score (nSPS) is 11.2. The highest BCUT2D eigenvalue weighted by atomic mass is 35.5. The van der Waals surface area contributed by atoms with Crippen molar-refractivity contribution >= 4 is 27.9 Å². The van der Waals surface area contributed by atoms with E-state index in [0.717, 1.165) is 0 Å². The molecule has 1 aromatic carbocycles. The number of hydrogen-bond acceptors (Lipinski definition) is 6. The van der Waals surface area contributed by atoms with Gasteiger partial charge < -0.3 is 0 Å².